The third-order valence-corrected chi connectivity index (χ3v) is 8.67. The molecule has 1 fully saturated rings. The van der Waals surface area contributed by atoms with Crippen molar-refractivity contribution < 1.29 is 0 Å². The molecule has 1 N–H and O–H groups in total. The zero-order valence-corrected chi connectivity index (χ0v) is 11.9. The Labute approximate surface area is 101 Å². The zero-order chi connectivity index (χ0) is 11.6. The lowest BCUT2D eigenvalue weighted by atomic mass is 9.96. The van der Waals surface area contributed by atoms with Crippen molar-refractivity contribution in [3.8, 4) is 0 Å². The minimum atomic E-state index is -1.41. The van der Waals surface area contributed by atoms with E-state index in [1.807, 2.05) is 0 Å². The molecule has 0 unspecified atom stereocenters. The van der Waals surface area contributed by atoms with Gasteiger partial charge in [-0.1, -0.05) is 63.6 Å². The number of nitrogens with one attached hydrogen (secondary N) is 1. The Balaban J connectivity index is 2.01. The van der Waals surface area contributed by atoms with Gasteiger partial charge in [0.1, 0.15) is 8.24 Å². The molecule has 0 spiro atoms. The van der Waals surface area contributed by atoms with Gasteiger partial charge in [-0.3, -0.25) is 0 Å². The monoisotopic (exact) mass is 235 g/mol. The van der Waals surface area contributed by atoms with E-state index in [1.54, 1.807) is 0 Å². The highest BCUT2D eigenvalue weighted by molar-refractivity contribution is 6.79. The van der Waals surface area contributed by atoms with Crippen molar-refractivity contribution in [1.29, 1.82) is 0 Å². The number of rotatable bonds is 3. The summed E-state index contributed by atoms with van der Waals surface area (Å²) in [6, 6.07) is 0.787. The lowest BCUT2D eigenvalue weighted by Crippen LogP contribution is -2.56. The molecule has 0 atom stereocenters. The van der Waals surface area contributed by atoms with Crippen LogP contribution in [0.3, 0.4) is 0 Å². The van der Waals surface area contributed by atoms with Gasteiger partial charge in [-0.2, -0.15) is 0 Å². The van der Waals surface area contributed by atoms with Crippen LogP contribution >= 0.6 is 0 Å². The second kappa shape index (κ2) is 4.50. The van der Waals surface area contributed by atoms with Gasteiger partial charge < -0.3 is 4.98 Å². The van der Waals surface area contributed by atoms with Crippen molar-refractivity contribution in [3.63, 3.8) is 0 Å². The third-order valence-electron chi connectivity index (χ3n) is 4.51. The van der Waals surface area contributed by atoms with Crippen LogP contribution in [0, 0.1) is 0 Å². The summed E-state index contributed by atoms with van der Waals surface area (Å²) < 4.78 is 0. The molecular formula is C14H25NSi. The Bertz CT molecular complexity index is 286. The maximum Gasteiger partial charge on any atom is 0.133 e. The molecule has 0 aromatic carbocycles. The van der Waals surface area contributed by atoms with Crippen molar-refractivity contribution in [3.05, 3.63) is 24.3 Å². The third kappa shape index (κ3) is 2.33. The Hall–Kier alpha value is -0.343. The van der Waals surface area contributed by atoms with Gasteiger partial charge in [0.2, 0.25) is 0 Å². The lowest BCUT2D eigenvalue weighted by Gasteiger charge is -2.41. The van der Waals surface area contributed by atoms with Gasteiger partial charge in [0.15, 0.2) is 0 Å². The van der Waals surface area contributed by atoms with Crippen LogP contribution in [0.1, 0.15) is 39.0 Å². The van der Waals surface area contributed by atoms with E-state index in [9.17, 15) is 0 Å². The molecule has 0 aromatic heterocycles. The normalized spacial score (nSPS) is 25.2. The van der Waals surface area contributed by atoms with Crippen LogP contribution < -0.4 is 4.98 Å². The molecule has 0 amide bonds. The smallest absolute Gasteiger partial charge is 0.133 e. The SMILES string of the molecule is CC1([Si](C)(C)NC2CCCCC2)C=CC=C1. The van der Waals surface area contributed by atoms with E-state index < -0.39 is 8.24 Å². The standard InChI is InChI=1S/C14H25NSi/c1-14(11-7-8-12-14)16(2,3)15-13-9-5-4-6-10-13/h7-8,11-13,15H,4-6,9-10H2,1-3H3. The summed E-state index contributed by atoms with van der Waals surface area (Å²) in [5, 5.41) is 0.310. The first-order valence-corrected chi connectivity index (χ1v) is 9.68. The molecule has 2 heteroatoms. The molecule has 1 saturated carbocycles. The van der Waals surface area contributed by atoms with Crippen molar-refractivity contribution in [2.24, 2.45) is 0 Å². The highest BCUT2D eigenvalue weighted by atomic mass is 28.3. The lowest BCUT2D eigenvalue weighted by molar-refractivity contribution is 0.411. The van der Waals surface area contributed by atoms with E-state index in [-0.39, 0.29) is 0 Å². The highest BCUT2D eigenvalue weighted by Gasteiger charge is 2.41. The summed E-state index contributed by atoms with van der Waals surface area (Å²) in [6.07, 6.45) is 16.2. The van der Waals surface area contributed by atoms with Gasteiger partial charge in [-0.05, 0) is 12.8 Å². The minimum absolute atomic E-state index is 0.310. The van der Waals surface area contributed by atoms with Gasteiger partial charge in [-0.25, -0.2) is 0 Å². The van der Waals surface area contributed by atoms with Gasteiger partial charge in [0.25, 0.3) is 0 Å². The van der Waals surface area contributed by atoms with Crippen LogP contribution in [-0.4, -0.2) is 14.3 Å². The molecule has 2 rings (SSSR count). The molecule has 2 aliphatic rings. The second-order valence-corrected chi connectivity index (χ2v) is 10.7. The van der Waals surface area contributed by atoms with Crippen molar-refractivity contribution in [2.45, 2.75) is 63.2 Å². The second-order valence-electron chi connectivity index (χ2n) is 6.11. The summed E-state index contributed by atoms with van der Waals surface area (Å²) in [6.45, 7) is 7.33. The Morgan fingerprint density at radius 3 is 2.19 bits per heavy atom. The maximum atomic E-state index is 4.01. The van der Waals surface area contributed by atoms with Crippen LogP contribution in [0.25, 0.3) is 0 Å². The molecule has 16 heavy (non-hydrogen) atoms. The molecule has 1 nitrogen and oxygen atoms in total. The van der Waals surface area contributed by atoms with Crippen molar-refractivity contribution in [2.75, 3.05) is 0 Å². The van der Waals surface area contributed by atoms with Gasteiger partial charge in [0.05, 0.1) is 0 Å². The van der Waals surface area contributed by atoms with E-state index in [4.69, 9.17) is 0 Å². The van der Waals surface area contributed by atoms with Crippen LogP contribution in [-0.2, 0) is 0 Å². The van der Waals surface area contributed by atoms with E-state index >= 15 is 0 Å². The van der Waals surface area contributed by atoms with Gasteiger partial charge in [0, 0.05) is 11.1 Å². The minimum Gasteiger partial charge on any atom is -0.334 e. The van der Waals surface area contributed by atoms with E-state index in [2.05, 4.69) is 49.3 Å². The molecular weight excluding hydrogens is 210 g/mol. The van der Waals surface area contributed by atoms with Crippen LogP contribution in [0.5, 0.6) is 0 Å². The first-order chi connectivity index (χ1) is 7.54. The van der Waals surface area contributed by atoms with Gasteiger partial charge in [-0.15, -0.1) is 0 Å². The first kappa shape index (κ1) is 12.1. The quantitative estimate of drug-likeness (QED) is 0.729. The van der Waals surface area contributed by atoms with E-state index in [0.717, 1.165) is 6.04 Å². The average molecular weight is 235 g/mol. The molecule has 0 saturated heterocycles. The predicted octanol–water partition coefficient (Wildman–Crippen LogP) is 4.00. The van der Waals surface area contributed by atoms with Crippen molar-refractivity contribution in [1.82, 2.24) is 4.98 Å². The molecule has 0 heterocycles. The summed E-state index contributed by atoms with van der Waals surface area (Å²) in [7, 11) is -1.41. The molecule has 2 aliphatic carbocycles. The molecule has 0 aliphatic heterocycles. The Morgan fingerprint density at radius 2 is 1.62 bits per heavy atom. The largest absolute Gasteiger partial charge is 0.334 e. The topological polar surface area (TPSA) is 12.0 Å². The predicted molar refractivity (Wildman–Crippen MR) is 74.1 cm³/mol. The van der Waals surface area contributed by atoms with Crippen LogP contribution in [0.2, 0.25) is 18.1 Å². The fourth-order valence-electron chi connectivity index (χ4n) is 2.90. The zero-order valence-electron chi connectivity index (χ0n) is 10.9. The highest BCUT2D eigenvalue weighted by Crippen LogP contribution is 2.42. The number of hydrogen-bond acceptors (Lipinski definition) is 1. The average Bonchev–Trinajstić information content (AvgIpc) is 2.68. The van der Waals surface area contributed by atoms with E-state index in [1.165, 1.54) is 32.1 Å². The number of hydrogen-bond donors (Lipinski definition) is 1. The summed E-state index contributed by atoms with van der Waals surface area (Å²) in [5.41, 5.74) is 0. The number of allylic oxidation sites excluding steroid dienone is 4. The fraction of sp³-hybridized carbons (Fsp3) is 0.714. The van der Waals surface area contributed by atoms with Gasteiger partial charge >= 0.3 is 0 Å². The molecule has 0 aromatic rings. The Kier molecular flexibility index (Phi) is 3.41. The molecule has 0 radical (unpaired) electrons. The summed E-state index contributed by atoms with van der Waals surface area (Å²) >= 11 is 0. The fourth-order valence-corrected chi connectivity index (χ4v) is 5.54. The first-order valence-electron chi connectivity index (χ1n) is 6.68. The maximum absolute atomic E-state index is 4.01. The summed E-state index contributed by atoms with van der Waals surface area (Å²) in [5.74, 6) is 0. The molecule has 90 valence electrons. The summed E-state index contributed by atoms with van der Waals surface area (Å²) in [4.78, 5) is 4.01. The Morgan fingerprint density at radius 1 is 1.06 bits per heavy atom. The van der Waals surface area contributed by atoms with Crippen LogP contribution in [0.4, 0.5) is 0 Å². The van der Waals surface area contributed by atoms with E-state index in [0.29, 0.717) is 5.04 Å². The van der Waals surface area contributed by atoms with Crippen molar-refractivity contribution >= 4 is 8.24 Å². The molecule has 0 bridgehead atoms. The van der Waals surface area contributed by atoms with Crippen LogP contribution in [0.15, 0.2) is 24.3 Å².